The van der Waals surface area contributed by atoms with Crippen LogP contribution in [-0.2, 0) is 6.54 Å². The molecule has 1 unspecified atom stereocenters. The molecular formula is C12H13BrClN3O. The summed E-state index contributed by atoms with van der Waals surface area (Å²) in [4.78, 5) is 0.188. The standard InChI is InChI=1S/C12H13BrClN3O/c1-8(13)11-7-17(16-15-11)6-9-5-10(14)3-4-12(9)18-2/h3-5,7-8H,6H2,1-2H3. The molecule has 2 rings (SSSR count). The summed E-state index contributed by atoms with van der Waals surface area (Å²) in [6.45, 7) is 2.59. The van der Waals surface area contributed by atoms with Gasteiger partial charge in [0.25, 0.3) is 0 Å². The first-order valence-corrected chi connectivity index (χ1v) is 6.76. The van der Waals surface area contributed by atoms with Crippen molar-refractivity contribution in [2.45, 2.75) is 18.3 Å². The van der Waals surface area contributed by atoms with Crippen molar-refractivity contribution in [2.75, 3.05) is 7.11 Å². The Kier molecular flexibility index (Phi) is 4.24. The van der Waals surface area contributed by atoms with Crippen LogP contribution in [0.25, 0.3) is 0 Å². The highest BCUT2D eigenvalue weighted by Gasteiger charge is 2.09. The molecule has 1 aromatic carbocycles. The minimum Gasteiger partial charge on any atom is -0.496 e. The van der Waals surface area contributed by atoms with E-state index in [0.29, 0.717) is 11.6 Å². The fourth-order valence-corrected chi connectivity index (χ4v) is 2.02. The van der Waals surface area contributed by atoms with Crippen molar-refractivity contribution in [1.29, 1.82) is 0 Å². The van der Waals surface area contributed by atoms with Crippen LogP contribution < -0.4 is 4.74 Å². The van der Waals surface area contributed by atoms with Gasteiger partial charge in [0.2, 0.25) is 0 Å². The van der Waals surface area contributed by atoms with Crippen molar-refractivity contribution in [1.82, 2.24) is 15.0 Å². The average Bonchev–Trinajstić information content (AvgIpc) is 2.78. The highest BCUT2D eigenvalue weighted by Crippen LogP contribution is 2.24. The van der Waals surface area contributed by atoms with Crippen LogP contribution in [0, 0.1) is 0 Å². The molecule has 4 nitrogen and oxygen atoms in total. The van der Waals surface area contributed by atoms with E-state index in [4.69, 9.17) is 16.3 Å². The number of ether oxygens (including phenoxy) is 1. The SMILES string of the molecule is COc1ccc(Cl)cc1Cn1cc(C(C)Br)nn1. The van der Waals surface area contributed by atoms with Gasteiger partial charge in [-0.15, -0.1) is 5.10 Å². The molecule has 2 aromatic rings. The van der Waals surface area contributed by atoms with Gasteiger partial charge in [0.05, 0.1) is 24.2 Å². The first-order valence-electron chi connectivity index (χ1n) is 5.46. The maximum absolute atomic E-state index is 5.99. The topological polar surface area (TPSA) is 39.9 Å². The van der Waals surface area contributed by atoms with Gasteiger partial charge in [0.1, 0.15) is 5.75 Å². The number of alkyl halides is 1. The van der Waals surface area contributed by atoms with Gasteiger partial charge in [-0.1, -0.05) is 32.7 Å². The Hall–Kier alpha value is -1.07. The quantitative estimate of drug-likeness (QED) is 0.806. The average molecular weight is 331 g/mol. The second-order valence-electron chi connectivity index (χ2n) is 3.91. The first kappa shape index (κ1) is 13.4. The second kappa shape index (κ2) is 5.71. The molecule has 18 heavy (non-hydrogen) atoms. The Morgan fingerprint density at radius 3 is 2.89 bits per heavy atom. The number of nitrogens with zero attached hydrogens (tertiary/aromatic N) is 3. The monoisotopic (exact) mass is 329 g/mol. The molecule has 0 spiro atoms. The number of hydrogen-bond donors (Lipinski definition) is 0. The molecule has 0 aliphatic carbocycles. The largest absolute Gasteiger partial charge is 0.496 e. The summed E-state index contributed by atoms with van der Waals surface area (Å²) in [6, 6.07) is 5.53. The van der Waals surface area contributed by atoms with E-state index in [1.807, 2.05) is 25.3 Å². The molecule has 0 fully saturated rings. The zero-order valence-corrected chi connectivity index (χ0v) is 12.4. The Morgan fingerprint density at radius 1 is 1.50 bits per heavy atom. The summed E-state index contributed by atoms with van der Waals surface area (Å²) in [5.41, 5.74) is 1.87. The van der Waals surface area contributed by atoms with Crippen molar-refractivity contribution >= 4 is 27.5 Å². The van der Waals surface area contributed by atoms with E-state index in [1.54, 1.807) is 17.9 Å². The third-order valence-electron chi connectivity index (χ3n) is 2.54. The van der Waals surface area contributed by atoms with Crippen molar-refractivity contribution < 1.29 is 4.74 Å². The molecule has 0 aliphatic heterocycles. The maximum Gasteiger partial charge on any atom is 0.124 e. The van der Waals surface area contributed by atoms with Crippen LogP contribution in [0.3, 0.4) is 0 Å². The smallest absolute Gasteiger partial charge is 0.124 e. The third-order valence-corrected chi connectivity index (χ3v) is 3.24. The molecule has 0 aliphatic rings. The highest BCUT2D eigenvalue weighted by atomic mass is 79.9. The maximum atomic E-state index is 5.99. The van der Waals surface area contributed by atoms with Crippen LogP contribution in [-0.4, -0.2) is 22.1 Å². The number of methoxy groups -OCH3 is 1. The normalized spacial score (nSPS) is 12.4. The van der Waals surface area contributed by atoms with E-state index in [2.05, 4.69) is 26.2 Å². The van der Waals surface area contributed by atoms with Gasteiger partial charge in [0, 0.05) is 16.8 Å². The third kappa shape index (κ3) is 3.03. The second-order valence-corrected chi connectivity index (χ2v) is 5.72. The van der Waals surface area contributed by atoms with E-state index in [-0.39, 0.29) is 4.83 Å². The molecule has 1 aromatic heterocycles. The lowest BCUT2D eigenvalue weighted by Gasteiger charge is -2.08. The molecule has 96 valence electrons. The van der Waals surface area contributed by atoms with Crippen LogP contribution >= 0.6 is 27.5 Å². The highest BCUT2D eigenvalue weighted by molar-refractivity contribution is 9.09. The number of hydrogen-bond acceptors (Lipinski definition) is 3. The predicted octanol–water partition coefficient (Wildman–Crippen LogP) is 3.44. The van der Waals surface area contributed by atoms with E-state index in [0.717, 1.165) is 17.0 Å². The van der Waals surface area contributed by atoms with E-state index >= 15 is 0 Å². The molecule has 0 saturated carbocycles. The van der Waals surface area contributed by atoms with Crippen LogP contribution in [0.4, 0.5) is 0 Å². The zero-order chi connectivity index (χ0) is 13.1. The lowest BCUT2D eigenvalue weighted by molar-refractivity contribution is 0.407. The van der Waals surface area contributed by atoms with Gasteiger partial charge in [-0.25, -0.2) is 4.68 Å². The van der Waals surface area contributed by atoms with Gasteiger partial charge in [-0.05, 0) is 25.1 Å². The summed E-state index contributed by atoms with van der Waals surface area (Å²) >= 11 is 9.45. The van der Waals surface area contributed by atoms with Gasteiger partial charge in [-0.3, -0.25) is 0 Å². The van der Waals surface area contributed by atoms with Crippen molar-refractivity contribution in [3.05, 3.63) is 40.7 Å². The van der Waals surface area contributed by atoms with Crippen molar-refractivity contribution in [3.8, 4) is 5.75 Å². The molecule has 6 heteroatoms. The van der Waals surface area contributed by atoms with Crippen molar-refractivity contribution in [3.63, 3.8) is 0 Å². The molecule has 0 radical (unpaired) electrons. The predicted molar refractivity (Wildman–Crippen MR) is 74.5 cm³/mol. The van der Waals surface area contributed by atoms with Gasteiger partial charge in [0.15, 0.2) is 0 Å². The van der Waals surface area contributed by atoms with E-state index in [1.165, 1.54) is 0 Å². The summed E-state index contributed by atoms with van der Waals surface area (Å²) < 4.78 is 7.06. The Balaban J connectivity index is 2.24. The molecule has 0 bridgehead atoms. The lowest BCUT2D eigenvalue weighted by Crippen LogP contribution is -2.02. The van der Waals surface area contributed by atoms with Crippen molar-refractivity contribution in [2.24, 2.45) is 0 Å². The minimum absolute atomic E-state index is 0.188. The lowest BCUT2D eigenvalue weighted by atomic mass is 10.2. The van der Waals surface area contributed by atoms with E-state index in [9.17, 15) is 0 Å². The zero-order valence-electron chi connectivity index (χ0n) is 10.1. The summed E-state index contributed by atoms with van der Waals surface area (Å²) in [6.07, 6.45) is 1.90. The van der Waals surface area contributed by atoms with E-state index < -0.39 is 0 Å². The molecule has 1 heterocycles. The molecular weight excluding hydrogens is 318 g/mol. The Labute approximate surface area is 119 Å². The summed E-state index contributed by atoms with van der Waals surface area (Å²) in [5, 5.41) is 8.84. The Bertz CT molecular complexity index is 542. The molecule has 0 amide bonds. The van der Waals surface area contributed by atoms with Crippen LogP contribution in [0.15, 0.2) is 24.4 Å². The number of benzene rings is 1. The number of aromatic nitrogens is 3. The number of halogens is 2. The fraction of sp³-hybridized carbons (Fsp3) is 0.333. The minimum atomic E-state index is 0.188. The van der Waals surface area contributed by atoms with Gasteiger partial charge >= 0.3 is 0 Å². The van der Waals surface area contributed by atoms with Gasteiger partial charge in [-0.2, -0.15) is 0 Å². The first-order chi connectivity index (χ1) is 8.60. The summed E-state index contributed by atoms with van der Waals surface area (Å²) in [7, 11) is 1.64. The van der Waals surface area contributed by atoms with Crippen LogP contribution in [0.5, 0.6) is 5.75 Å². The number of rotatable bonds is 4. The molecule has 1 atom stereocenters. The Morgan fingerprint density at radius 2 is 2.28 bits per heavy atom. The molecule has 0 saturated heterocycles. The van der Waals surface area contributed by atoms with Gasteiger partial charge < -0.3 is 4.74 Å². The van der Waals surface area contributed by atoms with Crippen LogP contribution in [0.1, 0.15) is 23.0 Å². The van der Waals surface area contributed by atoms with Crippen LogP contribution in [0.2, 0.25) is 5.02 Å². The summed E-state index contributed by atoms with van der Waals surface area (Å²) in [5.74, 6) is 0.795. The molecule has 0 N–H and O–H groups in total. The fourth-order valence-electron chi connectivity index (χ4n) is 1.62.